The molecule has 2 aliphatic rings. The van der Waals surface area contributed by atoms with Gasteiger partial charge in [-0.25, -0.2) is 0 Å². The summed E-state index contributed by atoms with van der Waals surface area (Å²) in [4.78, 5) is 0. The van der Waals surface area contributed by atoms with Crippen LogP contribution in [0.25, 0.3) is 33.3 Å². The number of benzene rings is 4. The van der Waals surface area contributed by atoms with Gasteiger partial charge in [0.05, 0.1) is 19.4 Å². The highest BCUT2D eigenvalue weighted by atomic mass is 28.3. The monoisotopic (exact) mass is 695 g/mol. The van der Waals surface area contributed by atoms with Crippen molar-refractivity contribution in [2.45, 2.75) is 128 Å². The summed E-state index contributed by atoms with van der Waals surface area (Å²) in [6.07, 6.45) is 4.87. The number of nitrogens with zero attached hydrogens (tertiary/aromatic N) is 1. The summed E-state index contributed by atoms with van der Waals surface area (Å²) in [6, 6.07) is 35.0. The van der Waals surface area contributed by atoms with Crippen LogP contribution in [0.3, 0.4) is 0 Å². The van der Waals surface area contributed by atoms with E-state index in [1.807, 2.05) is 0 Å². The quantitative estimate of drug-likeness (QED) is 0.111. The Hall–Kier alpha value is -3.40. The SMILES string of the molecule is Cn1c2c(c3ccccc31)C([Si](C)(CCCCCCOC(C)(C)C)C1c3cc(C(C)(C)C)ccc3-c3ccc(C(C)(C)C)cc31)c1ccccc1-2. The van der Waals surface area contributed by atoms with Gasteiger partial charge in [-0.3, -0.25) is 0 Å². The van der Waals surface area contributed by atoms with Crippen LogP contribution in [0.1, 0.15) is 132 Å². The second kappa shape index (κ2) is 12.9. The molecule has 1 heterocycles. The molecule has 268 valence electrons. The normalized spacial score (nSPS) is 17.0. The van der Waals surface area contributed by atoms with Gasteiger partial charge >= 0.3 is 0 Å². The fraction of sp³-hybridized carbons (Fsp3) is 0.458. The van der Waals surface area contributed by atoms with E-state index in [0.717, 1.165) is 13.0 Å². The number of unbranched alkanes of at least 4 members (excludes halogenated alkanes) is 3. The zero-order chi connectivity index (χ0) is 36.5. The van der Waals surface area contributed by atoms with Crippen molar-refractivity contribution in [3.05, 3.63) is 118 Å². The Labute approximate surface area is 309 Å². The lowest BCUT2D eigenvalue weighted by Crippen LogP contribution is -2.45. The minimum atomic E-state index is -2.30. The first-order valence-corrected chi connectivity index (χ1v) is 22.5. The van der Waals surface area contributed by atoms with Gasteiger partial charge in [0.15, 0.2) is 0 Å². The van der Waals surface area contributed by atoms with Crippen molar-refractivity contribution in [2.24, 2.45) is 7.05 Å². The van der Waals surface area contributed by atoms with Gasteiger partial charge in [0.25, 0.3) is 0 Å². The minimum absolute atomic E-state index is 0.0708. The summed E-state index contributed by atoms with van der Waals surface area (Å²) in [5.41, 5.74) is 17.3. The van der Waals surface area contributed by atoms with Crippen molar-refractivity contribution in [2.75, 3.05) is 6.61 Å². The van der Waals surface area contributed by atoms with E-state index in [4.69, 9.17) is 4.74 Å². The van der Waals surface area contributed by atoms with Crippen LogP contribution in [-0.4, -0.2) is 24.8 Å². The molecule has 2 aliphatic carbocycles. The zero-order valence-corrected chi connectivity index (χ0v) is 34.3. The second-order valence-corrected chi connectivity index (χ2v) is 23.7. The summed E-state index contributed by atoms with van der Waals surface area (Å²) in [5.74, 6) is 0. The van der Waals surface area contributed by atoms with Crippen molar-refractivity contribution < 1.29 is 4.74 Å². The lowest BCUT2D eigenvalue weighted by molar-refractivity contribution is -0.00471. The maximum absolute atomic E-state index is 6.12. The molecule has 2 unspecified atom stereocenters. The predicted molar refractivity (Wildman–Crippen MR) is 222 cm³/mol. The van der Waals surface area contributed by atoms with Gasteiger partial charge in [0.2, 0.25) is 0 Å². The number of rotatable bonds is 9. The summed E-state index contributed by atoms with van der Waals surface area (Å²) in [7, 11) is -0.00331. The van der Waals surface area contributed by atoms with Gasteiger partial charge in [-0.2, -0.15) is 0 Å². The fourth-order valence-corrected chi connectivity index (χ4v) is 15.3. The van der Waals surface area contributed by atoms with Gasteiger partial charge < -0.3 is 9.30 Å². The Balaban J connectivity index is 1.43. The summed E-state index contributed by atoms with van der Waals surface area (Å²) >= 11 is 0. The molecule has 51 heavy (non-hydrogen) atoms. The Morgan fingerprint density at radius 3 is 1.78 bits per heavy atom. The highest BCUT2D eigenvalue weighted by molar-refractivity contribution is 6.83. The molecule has 0 saturated heterocycles. The lowest BCUT2D eigenvalue weighted by atomic mass is 9.85. The van der Waals surface area contributed by atoms with Crippen LogP contribution < -0.4 is 0 Å². The van der Waals surface area contributed by atoms with Crippen molar-refractivity contribution >= 4 is 19.0 Å². The molecule has 0 saturated carbocycles. The number of aromatic nitrogens is 1. The third-order valence-electron chi connectivity index (χ3n) is 12.2. The predicted octanol–water partition coefficient (Wildman–Crippen LogP) is 13.2. The van der Waals surface area contributed by atoms with Crippen molar-refractivity contribution in [3.8, 4) is 22.4 Å². The molecule has 7 rings (SSSR count). The Morgan fingerprint density at radius 2 is 1.18 bits per heavy atom. The molecule has 2 atom stereocenters. The van der Waals surface area contributed by atoms with E-state index < -0.39 is 8.07 Å². The Bertz CT molecular complexity index is 2020. The third-order valence-corrected chi connectivity index (χ3v) is 17.5. The molecule has 4 aromatic carbocycles. The van der Waals surface area contributed by atoms with E-state index in [2.05, 4.69) is 165 Å². The first-order chi connectivity index (χ1) is 24.0. The number of fused-ring (bicyclic) bond motifs is 8. The molecule has 0 spiro atoms. The molecule has 0 radical (unpaired) electrons. The van der Waals surface area contributed by atoms with Crippen LogP contribution >= 0.6 is 0 Å². The van der Waals surface area contributed by atoms with E-state index >= 15 is 0 Å². The average molecular weight is 696 g/mol. The van der Waals surface area contributed by atoms with Crippen molar-refractivity contribution in [1.29, 1.82) is 0 Å². The minimum Gasteiger partial charge on any atom is -0.376 e. The maximum atomic E-state index is 6.12. The lowest BCUT2D eigenvalue weighted by Gasteiger charge is -2.42. The Morgan fingerprint density at radius 1 is 0.608 bits per heavy atom. The standard InChI is InChI=1S/C48H61NOSi/c1-46(2,3)32-24-26-34-35-27-25-33(47(4,5)6)31-40(35)44(39(34)30-32)51(11,29-19-13-12-18-28-50-48(7,8)9)45-37-21-15-14-20-36(37)43-42(45)38-22-16-17-23-41(38)49(43)10/h14-17,20-27,30-31,44-45H,12-13,18-19,28-29H2,1-11H3. The zero-order valence-electron chi connectivity index (χ0n) is 33.3. The topological polar surface area (TPSA) is 14.2 Å². The van der Waals surface area contributed by atoms with Crippen LogP contribution in [0.5, 0.6) is 0 Å². The van der Waals surface area contributed by atoms with Gasteiger partial charge in [-0.1, -0.05) is 152 Å². The van der Waals surface area contributed by atoms with E-state index in [9.17, 15) is 0 Å². The van der Waals surface area contributed by atoms with Gasteiger partial charge in [0, 0.05) is 41.2 Å². The molecule has 0 bridgehead atoms. The molecule has 1 aromatic heterocycles. The number of para-hydroxylation sites is 1. The molecule has 0 aliphatic heterocycles. The van der Waals surface area contributed by atoms with Crippen molar-refractivity contribution in [3.63, 3.8) is 0 Å². The van der Waals surface area contributed by atoms with Crippen LogP contribution in [0, 0.1) is 0 Å². The van der Waals surface area contributed by atoms with E-state index in [0.29, 0.717) is 11.1 Å². The highest BCUT2D eigenvalue weighted by Crippen LogP contribution is 2.61. The van der Waals surface area contributed by atoms with Crippen LogP contribution in [-0.2, 0) is 22.6 Å². The van der Waals surface area contributed by atoms with Crippen LogP contribution in [0.2, 0.25) is 12.6 Å². The highest BCUT2D eigenvalue weighted by Gasteiger charge is 2.53. The molecule has 0 fully saturated rings. The third kappa shape index (κ3) is 6.37. The summed E-state index contributed by atoms with van der Waals surface area (Å²) < 4.78 is 8.62. The molecule has 5 aromatic rings. The van der Waals surface area contributed by atoms with E-state index in [1.54, 1.807) is 22.3 Å². The fourth-order valence-electron chi connectivity index (χ4n) is 9.55. The Kier molecular flexibility index (Phi) is 9.11. The van der Waals surface area contributed by atoms with Crippen molar-refractivity contribution in [1.82, 2.24) is 4.57 Å². The smallest absolute Gasteiger partial charge is 0.0762 e. The number of hydrogen-bond acceptors (Lipinski definition) is 1. The molecule has 0 amide bonds. The largest absolute Gasteiger partial charge is 0.376 e. The molecule has 3 heteroatoms. The molecule has 0 N–H and O–H groups in total. The molecular formula is C48H61NOSi. The van der Waals surface area contributed by atoms with Crippen LogP contribution in [0.4, 0.5) is 0 Å². The average Bonchev–Trinajstić information content (AvgIpc) is 3.69. The first-order valence-electron chi connectivity index (χ1n) is 19.6. The molecule has 2 nitrogen and oxygen atoms in total. The van der Waals surface area contributed by atoms with Crippen LogP contribution in [0.15, 0.2) is 84.9 Å². The van der Waals surface area contributed by atoms with Gasteiger partial charge in [-0.05, 0) is 88.6 Å². The number of hydrogen-bond donors (Lipinski definition) is 0. The van der Waals surface area contributed by atoms with E-state index in [1.165, 1.54) is 69.7 Å². The van der Waals surface area contributed by atoms with E-state index in [-0.39, 0.29) is 16.4 Å². The van der Waals surface area contributed by atoms with Gasteiger partial charge in [0.1, 0.15) is 0 Å². The second-order valence-electron chi connectivity index (χ2n) is 19.0. The summed E-state index contributed by atoms with van der Waals surface area (Å²) in [5, 5.41) is 1.44. The number of ether oxygens (including phenoxy) is 1. The van der Waals surface area contributed by atoms with Gasteiger partial charge in [-0.15, -0.1) is 0 Å². The summed E-state index contributed by atoms with van der Waals surface area (Å²) in [6.45, 7) is 24.4. The first kappa shape index (κ1) is 36.0. The maximum Gasteiger partial charge on any atom is 0.0762 e. The molecular weight excluding hydrogens is 635 g/mol. The number of aryl methyl sites for hydroxylation is 1.